The number of benzene rings is 2. The van der Waals surface area contributed by atoms with Crippen LogP contribution in [0.15, 0.2) is 36.4 Å². The van der Waals surface area contributed by atoms with Crippen LogP contribution in [0.3, 0.4) is 0 Å². The van der Waals surface area contributed by atoms with Crippen LogP contribution in [-0.2, 0) is 38.9 Å². The molecule has 9 heteroatoms. The van der Waals surface area contributed by atoms with Gasteiger partial charge in [0.05, 0.1) is 36.0 Å². The van der Waals surface area contributed by atoms with Crippen molar-refractivity contribution in [2.75, 3.05) is 34.8 Å². The lowest BCUT2D eigenvalue weighted by Crippen LogP contribution is -2.50. The number of anilines is 3. The lowest BCUT2D eigenvalue weighted by atomic mass is 9.54. The highest BCUT2D eigenvalue weighted by Crippen LogP contribution is 2.58. The average Bonchev–Trinajstić information content (AvgIpc) is 3.19. The van der Waals surface area contributed by atoms with Crippen LogP contribution in [0.5, 0.6) is 0 Å². The third-order valence-electron chi connectivity index (χ3n) is 10.7. The third-order valence-corrected chi connectivity index (χ3v) is 10.7. The van der Waals surface area contributed by atoms with Crippen LogP contribution < -0.4 is 14.7 Å². The average molecular weight is 553 g/mol. The van der Waals surface area contributed by atoms with Gasteiger partial charge in [0.2, 0.25) is 23.6 Å². The van der Waals surface area contributed by atoms with Crippen LogP contribution in [0.2, 0.25) is 0 Å². The summed E-state index contributed by atoms with van der Waals surface area (Å²) in [6.45, 7) is 6.94. The Bertz CT molecular complexity index is 1580. The Morgan fingerprint density at radius 1 is 0.683 bits per heavy atom. The molecule has 2 saturated heterocycles. The normalized spacial score (nSPS) is 31.0. The number of allylic oxidation sites excluding steroid dienone is 2. The van der Waals surface area contributed by atoms with Gasteiger partial charge in [0.1, 0.15) is 0 Å². The van der Waals surface area contributed by atoms with Crippen molar-refractivity contribution in [1.82, 2.24) is 4.90 Å². The number of rotatable bonds is 2. The second-order valence-corrected chi connectivity index (χ2v) is 12.6. The SMILES string of the molecule is Cc1cc2c(cc1C)N1CCN(C2)c2cc(N3C(=O)C4C5C=CC(C6C(=O)N(C)C(=O)C56)C4C3=O)c(CO)cc2C1. The highest BCUT2D eigenvalue weighted by molar-refractivity contribution is 6.24. The molecule has 7 aliphatic rings. The number of aliphatic hydroxyl groups excluding tert-OH is 1. The first-order chi connectivity index (χ1) is 19.7. The van der Waals surface area contributed by atoms with E-state index in [1.165, 1.54) is 34.3 Å². The number of imide groups is 2. The van der Waals surface area contributed by atoms with Crippen molar-refractivity contribution >= 4 is 40.7 Å². The summed E-state index contributed by atoms with van der Waals surface area (Å²) in [5.41, 5.74) is 7.92. The molecule has 2 aromatic rings. The molecule has 9 rings (SSSR count). The maximum Gasteiger partial charge on any atom is 0.238 e. The van der Waals surface area contributed by atoms with E-state index >= 15 is 0 Å². The first kappa shape index (κ1) is 24.8. The highest BCUT2D eigenvalue weighted by atomic mass is 16.3. The van der Waals surface area contributed by atoms with E-state index in [-0.39, 0.29) is 30.2 Å². The summed E-state index contributed by atoms with van der Waals surface area (Å²) in [4.78, 5) is 61.3. The van der Waals surface area contributed by atoms with E-state index in [9.17, 15) is 24.3 Å². The molecule has 6 atom stereocenters. The Labute approximate surface area is 238 Å². The molecule has 9 nitrogen and oxygen atoms in total. The first-order valence-corrected chi connectivity index (χ1v) is 14.4. The fraction of sp³-hybridized carbons (Fsp3) is 0.438. The van der Waals surface area contributed by atoms with E-state index in [1.807, 2.05) is 24.3 Å². The van der Waals surface area contributed by atoms with Gasteiger partial charge in [0.15, 0.2) is 0 Å². The molecule has 3 aliphatic carbocycles. The van der Waals surface area contributed by atoms with Gasteiger partial charge in [0, 0.05) is 62.0 Å². The number of aliphatic hydroxyl groups is 1. The number of hydrogen-bond acceptors (Lipinski definition) is 7. The van der Waals surface area contributed by atoms with Gasteiger partial charge in [-0.2, -0.15) is 0 Å². The zero-order chi connectivity index (χ0) is 28.5. The van der Waals surface area contributed by atoms with Crippen LogP contribution >= 0.6 is 0 Å². The van der Waals surface area contributed by atoms with Crippen molar-refractivity contribution in [2.24, 2.45) is 35.5 Å². The highest BCUT2D eigenvalue weighted by Gasteiger charge is 2.68. The number of fused-ring (bicyclic) bond motifs is 7. The minimum absolute atomic E-state index is 0.266. The van der Waals surface area contributed by atoms with Crippen molar-refractivity contribution < 1.29 is 24.3 Å². The van der Waals surface area contributed by atoms with Crippen molar-refractivity contribution in [3.8, 4) is 0 Å². The third kappa shape index (κ3) is 3.10. The Hall–Kier alpha value is -3.98. The zero-order valence-corrected chi connectivity index (χ0v) is 23.3. The van der Waals surface area contributed by atoms with Crippen LogP contribution in [0.1, 0.15) is 27.8 Å². The summed E-state index contributed by atoms with van der Waals surface area (Å²) in [5.74, 6) is -4.76. The first-order valence-electron chi connectivity index (χ1n) is 14.4. The van der Waals surface area contributed by atoms with Crippen LogP contribution in [0.4, 0.5) is 17.1 Å². The Morgan fingerprint density at radius 2 is 1.17 bits per heavy atom. The molecule has 4 amide bonds. The molecular weight excluding hydrogens is 520 g/mol. The zero-order valence-electron chi connectivity index (χ0n) is 23.3. The van der Waals surface area contributed by atoms with Gasteiger partial charge < -0.3 is 14.9 Å². The largest absolute Gasteiger partial charge is 0.392 e. The van der Waals surface area contributed by atoms with Gasteiger partial charge in [-0.1, -0.05) is 18.2 Å². The lowest BCUT2D eigenvalue weighted by molar-refractivity contribution is -0.138. The number of carbonyl (C=O) groups excluding carboxylic acids is 4. The monoisotopic (exact) mass is 552 g/mol. The van der Waals surface area contributed by atoms with E-state index in [0.29, 0.717) is 24.3 Å². The standard InChI is InChI=1S/C32H32N4O5/c1-15-8-17-12-35-7-6-34(22(17)9-16(15)2)13-18-10-19(14-37)24(11-23(18)35)36-31(40)27-20-4-5-21(28(27)32(36)41)26-25(20)29(38)33(3)30(26)39/h4-5,8-11,20-21,25-28,37H,6-7,12-14H2,1-3H3. The molecule has 2 aromatic carbocycles. The molecular formula is C32H32N4O5. The Kier molecular flexibility index (Phi) is 5.01. The van der Waals surface area contributed by atoms with E-state index in [0.717, 1.165) is 29.2 Å². The quantitative estimate of drug-likeness (QED) is 0.451. The summed E-state index contributed by atoms with van der Waals surface area (Å²) in [7, 11) is 1.49. The molecule has 4 heterocycles. The maximum atomic E-state index is 14.1. The molecule has 1 N–H and O–H groups in total. The fourth-order valence-electron chi connectivity index (χ4n) is 8.55. The molecule has 0 radical (unpaired) electrons. The predicted octanol–water partition coefficient (Wildman–Crippen LogP) is 2.29. The molecule has 3 fully saturated rings. The summed E-state index contributed by atoms with van der Waals surface area (Å²) < 4.78 is 0. The second kappa shape index (κ2) is 8.28. The van der Waals surface area contributed by atoms with E-state index in [2.05, 4.69) is 35.8 Å². The lowest BCUT2D eigenvalue weighted by Gasteiger charge is -2.44. The van der Waals surface area contributed by atoms with E-state index in [4.69, 9.17) is 0 Å². The summed E-state index contributed by atoms with van der Waals surface area (Å²) in [6, 6.07) is 8.36. The minimum Gasteiger partial charge on any atom is -0.392 e. The van der Waals surface area contributed by atoms with E-state index in [1.54, 1.807) is 0 Å². The maximum absolute atomic E-state index is 14.1. The van der Waals surface area contributed by atoms with E-state index < -0.39 is 35.5 Å². The number of likely N-dealkylation sites (tertiary alicyclic amines) is 1. The van der Waals surface area contributed by atoms with Crippen LogP contribution in [-0.4, -0.2) is 53.8 Å². The number of nitrogens with zero attached hydrogens (tertiary/aromatic N) is 4. The molecule has 1 saturated carbocycles. The van der Waals surface area contributed by atoms with Crippen molar-refractivity contribution in [3.05, 3.63) is 64.2 Å². The van der Waals surface area contributed by atoms with Crippen molar-refractivity contribution in [3.63, 3.8) is 0 Å². The summed E-state index contributed by atoms with van der Waals surface area (Å²) in [6.07, 6.45) is 3.75. The second-order valence-electron chi connectivity index (χ2n) is 12.6. The predicted molar refractivity (Wildman–Crippen MR) is 151 cm³/mol. The van der Waals surface area contributed by atoms with Crippen molar-refractivity contribution in [2.45, 2.75) is 33.5 Å². The van der Waals surface area contributed by atoms with Gasteiger partial charge in [0.25, 0.3) is 0 Å². The summed E-state index contributed by atoms with van der Waals surface area (Å²) >= 11 is 0. The van der Waals surface area contributed by atoms with Gasteiger partial charge in [-0.15, -0.1) is 0 Å². The number of hydrogen-bond donors (Lipinski definition) is 1. The topological polar surface area (TPSA) is 101 Å². The summed E-state index contributed by atoms with van der Waals surface area (Å²) in [5, 5.41) is 10.5. The molecule has 41 heavy (non-hydrogen) atoms. The number of carbonyl (C=O) groups is 4. The van der Waals surface area contributed by atoms with Crippen LogP contribution in [0, 0.1) is 49.4 Å². The smallest absolute Gasteiger partial charge is 0.238 e. The van der Waals surface area contributed by atoms with Gasteiger partial charge >= 0.3 is 0 Å². The molecule has 210 valence electrons. The molecule has 0 spiro atoms. The van der Waals surface area contributed by atoms with Gasteiger partial charge in [-0.05, 0) is 54.3 Å². The Balaban J connectivity index is 1.21. The molecule has 6 unspecified atom stereocenters. The minimum atomic E-state index is -0.684. The van der Waals surface area contributed by atoms with Gasteiger partial charge in [-0.3, -0.25) is 24.1 Å². The number of aryl methyl sites for hydroxylation is 2. The van der Waals surface area contributed by atoms with Gasteiger partial charge in [-0.25, -0.2) is 4.90 Å². The Morgan fingerprint density at radius 3 is 1.73 bits per heavy atom. The number of amides is 4. The van der Waals surface area contributed by atoms with Crippen LogP contribution in [0.25, 0.3) is 0 Å². The molecule has 4 bridgehead atoms. The molecule has 4 aliphatic heterocycles. The van der Waals surface area contributed by atoms with Crippen molar-refractivity contribution in [1.29, 1.82) is 0 Å². The fourth-order valence-corrected chi connectivity index (χ4v) is 8.55. The molecule has 0 aromatic heterocycles.